The van der Waals surface area contributed by atoms with Crippen molar-refractivity contribution in [1.29, 1.82) is 0 Å². The summed E-state index contributed by atoms with van der Waals surface area (Å²) < 4.78 is 1.21. The second-order valence-electron chi connectivity index (χ2n) is 5.45. The predicted molar refractivity (Wildman–Crippen MR) is 92.1 cm³/mol. The Bertz CT molecular complexity index is 548. The fraction of sp³-hybridized carbons (Fsp3) is 0.389. The molecule has 0 radical (unpaired) electrons. The summed E-state index contributed by atoms with van der Waals surface area (Å²) >= 11 is 2.30. The maximum absolute atomic E-state index is 11.7. The fourth-order valence-electron chi connectivity index (χ4n) is 2.63. The topological polar surface area (TPSA) is 17.1 Å². The molecule has 0 heterocycles. The van der Waals surface area contributed by atoms with E-state index in [0.717, 1.165) is 19.3 Å². The molecule has 104 valence electrons. The summed E-state index contributed by atoms with van der Waals surface area (Å²) in [7, 11) is 0. The van der Waals surface area contributed by atoms with Gasteiger partial charge < -0.3 is 0 Å². The molecule has 20 heavy (non-hydrogen) atoms. The Morgan fingerprint density at radius 2 is 2.10 bits per heavy atom. The number of carbonyl (C=O) groups is 1. The molecule has 0 N–H and O–H groups in total. The van der Waals surface area contributed by atoms with E-state index in [1.807, 2.05) is 6.08 Å². The van der Waals surface area contributed by atoms with E-state index in [4.69, 9.17) is 6.42 Å². The van der Waals surface area contributed by atoms with Crippen LogP contribution in [0.5, 0.6) is 0 Å². The van der Waals surface area contributed by atoms with Gasteiger partial charge in [0.05, 0.1) is 0 Å². The Balaban J connectivity index is 2.18. The van der Waals surface area contributed by atoms with Gasteiger partial charge in [0.25, 0.3) is 0 Å². The lowest BCUT2D eigenvalue weighted by Gasteiger charge is -2.24. The van der Waals surface area contributed by atoms with Crippen molar-refractivity contribution in [3.05, 3.63) is 39.5 Å². The van der Waals surface area contributed by atoms with Crippen molar-refractivity contribution in [3.63, 3.8) is 0 Å². The van der Waals surface area contributed by atoms with Gasteiger partial charge in [0.2, 0.25) is 0 Å². The number of terminal acetylenes is 1. The van der Waals surface area contributed by atoms with E-state index in [0.29, 0.717) is 18.3 Å². The van der Waals surface area contributed by atoms with Gasteiger partial charge in [0.1, 0.15) is 0 Å². The first-order valence-electron chi connectivity index (χ1n) is 7.06. The van der Waals surface area contributed by atoms with Crippen molar-refractivity contribution < 1.29 is 4.79 Å². The van der Waals surface area contributed by atoms with E-state index in [1.165, 1.54) is 14.7 Å². The molecule has 2 rings (SSSR count). The molecule has 0 saturated heterocycles. The summed E-state index contributed by atoms with van der Waals surface area (Å²) in [4.78, 5) is 11.7. The van der Waals surface area contributed by atoms with Crippen LogP contribution in [0.15, 0.2) is 30.3 Å². The van der Waals surface area contributed by atoms with Gasteiger partial charge in [-0.05, 0) is 77.1 Å². The van der Waals surface area contributed by atoms with Gasteiger partial charge in [-0.1, -0.05) is 19.1 Å². The summed E-state index contributed by atoms with van der Waals surface area (Å²) in [6, 6.07) is 8.42. The van der Waals surface area contributed by atoms with E-state index in [9.17, 15) is 4.79 Å². The van der Waals surface area contributed by atoms with E-state index in [-0.39, 0.29) is 5.78 Å². The summed E-state index contributed by atoms with van der Waals surface area (Å²) in [6.07, 6.45) is 11.0. The maximum Gasteiger partial charge on any atom is 0.156 e. The van der Waals surface area contributed by atoms with Gasteiger partial charge in [0, 0.05) is 15.9 Å². The van der Waals surface area contributed by atoms with Gasteiger partial charge in [-0.3, -0.25) is 4.79 Å². The number of allylic oxidation sites excluding steroid dienone is 2. The molecular formula is C18H19IO. The number of benzene rings is 1. The average Bonchev–Trinajstić information content (AvgIpc) is 2.46. The van der Waals surface area contributed by atoms with Crippen LogP contribution in [-0.4, -0.2) is 5.78 Å². The van der Waals surface area contributed by atoms with Crippen molar-refractivity contribution in [2.75, 3.05) is 0 Å². The molecule has 0 fully saturated rings. The molecule has 2 atom stereocenters. The molecule has 2 unspecified atom stereocenters. The van der Waals surface area contributed by atoms with Crippen molar-refractivity contribution in [3.8, 4) is 12.3 Å². The molecule has 1 aliphatic rings. The van der Waals surface area contributed by atoms with Gasteiger partial charge in [0.15, 0.2) is 5.78 Å². The highest BCUT2D eigenvalue weighted by molar-refractivity contribution is 14.1. The third-order valence-electron chi connectivity index (χ3n) is 3.91. The second kappa shape index (κ2) is 7.08. The zero-order valence-corrected chi connectivity index (χ0v) is 13.9. The first-order valence-corrected chi connectivity index (χ1v) is 8.14. The van der Waals surface area contributed by atoms with Gasteiger partial charge in [-0.25, -0.2) is 0 Å². The van der Waals surface area contributed by atoms with Crippen molar-refractivity contribution in [2.24, 2.45) is 11.8 Å². The third kappa shape index (κ3) is 3.96. The molecule has 0 saturated carbocycles. The number of hydrogen-bond acceptors (Lipinski definition) is 1. The Hall–Kier alpha value is -1.08. The van der Waals surface area contributed by atoms with Crippen LogP contribution in [-0.2, 0) is 4.79 Å². The van der Waals surface area contributed by atoms with Crippen molar-refractivity contribution in [2.45, 2.75) is 32.6 Å². The first-order chi connectivity index (χ1) is 9.60. The number of rotatable bonds is 4. The third-order valence-corrected chi connectivity index (χ3v) is 4.62. The maximum atomic E-state index is 11.7. The van der Waals surface area contributed by atoms with Gasteiger partial charge in [-0.2, -0.15) is 0 Å². The predicted octanol–water partition coefficient (Wildman–Crippen LogP) is 4.70. The molecule has 0 bridgehead atoms. The van der Waals surface area contributed by atoms with E-state index >= 15 is 0 Å². The zero-order valence-electron chi connectivity index (χ0n) is 11.7. The van der Waals surface area contributed by atoms with Crippen LogP contribution in [0, 0.1) is 27.7 Å². The van der Waals surface area contributed by atoms with Crippen molar-refractivity contribution in [1.82, 2.24) is 0 Å². The highest BCUT2D eigenvalue weighted by atomic mass is 127. The monoisotopic (exact) mass is 378 g/mol. The Labute approximate surface area is 135 Å². The Morgan fingerprint density at radius 3 is 2.75 bits per heavy atom. The number of ketones is 1. The quantitative estimate of drug-likeness (QED) is 0.548. The molecule has 0 amide bonds. The largest absolute Gasteiger partial charge is 0.295 e. The van der Waals surface area contributed by atoms with Crippen LogP contribution < -0.4 is 0 Å². The van der Waals surface area contributed by atoms with Gasteiger partial charge in [-0.15, -0.1) is 12.3 Å². The molecule has 0 aromatic heterocycles. The summed E-state index contributed by atoms with van der Waals surface area (Å²) in [6.45, 7) is 2.09. The lowest BCUT2D eigenvalue weighted by molar-refractivity contribution is -0.115. The highest BCUT2D eigenvalue weighted by Gasteiger charge is 2.22. The Morgan fingerprint density at radius 1 is 1.40 bits per heavy atom. The SMILES string of the molecule is C#CC(C)CCC1CCC(=O)C=C1c1ccc(I)cc1. The fourth-order valence-corrected chi connectivity index (χ4v) is 2.99. The molecule has 1 nitrogen and oxygen atoms in total. The van der Waals surface area contributed by atoms with E-state index in [2.05, 4.69) is 59.7 Å². The first kappa shape index (κ1) is 15.3. The summed E-state index contributed by atoms with van der Waals surface area (Å²) in [5.41, 5.74) is 2.37. The van der Waals surface area contributed by atoms with E-state index < -0.39 is 0 Å². The molecule has 0 spiro atoms. The minimum absolute atomic E-state index is 0.250. The van der Waals surface area contributed by atoms with E-state index in [1.54, 1.807) is 0 Å². The minimum atomic E-state index is 0.250. The lowest BCUT2D eigenvalue weighted by atomic mass is 9.79. The summed E-state index contributed by atoms with van der Waals surface area (Å²) in [5, 5.41) is 0. The standard InChI is InChI=1S/C18H19IO/c1-3-13(2)4-5-14-8-11-17(20)12-18(14)15-6-9-16(19)10-7-15/h1,6-7,9-10,12-14H,4-5,8,11H2,2H3. The molecule has 2 heteroatoms. The summed E-state index contributed by atoms with van der Waals surface area (Å²) in [5.74, 6) is 3.81. The number of hydrogen-bond donors (Lipinski definition) is 0. The molecular weight excluding hydrogens is 359 g/mol. The van der Waals surface area contributed by atoms with Crippen LogP contribution in [0.4, 0.5) is 0 Å². The number of carbonyl (C=O) groups excluding carboxylic acids is 1. The molecule has 1 aromatic carbocycles. The van der Waals surface area contributed by atoms with Gasteiger partial charge >= 0.3 is 0 Å². The smallest absolute Gasteiger partial charge is 0.156 e. The lowest BCUT2D eigenvalue weighted by Crippen LogP contribution is -2.14. The highest BCUT2D eigenvalue weighted by Crippen LogP contribution is 2.35. The normalized spacial score (nSPS) is 20.1. The molecule has 1 aromatic rings. The van der Waals surface area contributed by atoms with Crippen LogP contribution in [0.25, 0.3) is 5.57 Å². The second-order valence-corrected chi connectivity index (χ2v) is 6.70. The Kier molecular flexibility index (Phi) is 5.42. The van der Waals surface area contributed by atoms with Crippen LogP contribution in [0.3, 0.4) is 0 Å². The van der Waals surface area contributed by atoms with Crippen LogP contribution in [0.1, 0.15) is 38.2 Å². The average molecular weight is 378 g/mol. The minimum Gasteiger partial charge on any atom is -0.295 e. The molecule has 1 aliphatic carbocycles. The number of halogens is 1. The zero-order chi connectivity index (χ0) is 14.5. The van der Waals surface area contributed by atoms with Crippen molar-refractivity contribution >= 4 is 33.9 Å². The molecule has 0 aliphatic heterocycles. The van der Waals surface area contributed by atoms with Crippen LogP contribution >= 0.6 is 22.6 Å². The van der Waals surface area contributed by atoms with Crippen LogP contribution in [0.2, 0.25) is 0 Å².